The van der Waals surface area contributed by atoms with Crippen LogP contribution in [-0.2, 0) is 16.1 Å². The topological polar surface area (TPSA) is 62.2 Å². The summed E-state index contributed by atoms with van der Waals surface area (Å²) in [5.41, 5.74) is 1.13. The van der Waals surface area contributed by atoms with Crippen LogP contribution >= 0.6 is 0 Å². The lowest BCUT2D eigenvalue weighted by atomic mass is 9.93. The molecule has 0 aliphatic carbocycles. The molecule has 148 valence electrons. The number of benzene rings is 1. The number of aliphatic hydroxyl groups excluding tert-OH is 2. The summed E-state index contributed by atoms with van der Waals surface area (Å²) in [7, 11) is 0. The summed E-state index contributed by atoms with van der Waals surface area (Å²) < 4.78 is 12.0. The zero-order valence-corrected chi connectivity index (χ0v) is 16.2. The number of piperidine rings is 1. The molecule has 1 aliphatic heterocycles. The van der Waals surface area contributed by atoms with Crippen LogP contribution in [0.4, 0.5) is 0 Å². The number of nitrogens with zero attached hydrogens (tertiary/aromatic N) is 1. The highest BCUT2D eigenvalue weighted by Crippen LogP contribution is 2.23. The minimum absolute atomic E-state index is 0.0412. The third kappa shape index (κ3) is 6.32. The first kappa shape index (κ1) is 21.3. The number of hydrogen-bond donors (Lipinski definition) is 2. The Labute approximate surface area is 157 Å². The second kappa shape index (κ2) is 11.7. The second-order valence-electron chi connectivity index (χ2n) is 7.16. The molecular formula is C21H35NO4. The highest BCUT2D eigenvalue weighted by atomic mass is 16.5. The fourth-order valence-electron chi connectivity index (χ4n) is 3.40. The van der Waals surface area contributed by atoms with E-state index in [1.54, 1.807) is 0 Å². The van der Waals surface area contributed by atoms with Gasteiger partial charge in [-0.3, -0.25) is 4.90 Å². The fourth-order valence-corrected chi connectivity index (χ4v) is 3.40. The second-order valence-corrected chi connectivity index (χ2v) is 7.16. The molecule has 0 unspecified atom stereocenters. The van der Waals surface area contributed by atoms with Crippen molar-refractivity contribution in [3.8, 4) is 0 Å². The van der Waals surface area contributed by atoms with Crippen LogP contribution in [0, 0.1) is 0 Å². The van der Waals surface area contributed by atoms with Gasteiger partial charge in [-0.1, -0.05) is 57.0 Å². The number of rotatable bonds is 11. The predicted molar refractivity (Wildman–Crippen MR) is 103 cm³/mol. The van der Waals surface area contributed by atoms with Crippen molar-refractivity contribution in [2.24, 2.45) is 0 Å². The van der Waals surface area contributed by atoms with Crippen molar-refractivity contribution in [2.45, 2.75) is 70.5 Å². The van der Waals surface area contributed by atoms with Gasteiger partial charge < -0.3 is 19.7 Å². The van der Waals surface area contributed by atoms with Gasteiger partial charge in [0, 0.05) is 13.2 Å². The van der Waals surface area contributed by atoms with E-state index in [-0.39, 0.29) is 6.04 Å². The molecule has 0 radical (unpaired) electrons. The Kier molecular flexibility index (Phi) is 9.57. The third-order valence-electron chi connectivity index (χ3n) is 5.01. The monoisotopic (exact) mass is 365 g/mol. The molecule has 0 saturated carbocycles. The lowest BCUT2D eigenvalue weighted by molar-refractivity contribution is -0.171. The minimum atomic E-state index is -0.866. The van der Waals surface area contributed by atoms with Crippen LogP contribution in [0.5, 0.6) is 0 Å². The van der Waals surface area contributed by atoms with Gasteiger partial charge in [-0.05, 0) is 24.9 Å². The van der Waals surface area contributed by atoms with Gasteiger partial charge in [0.15, 0.2) is 0 Å². The van der Waals surface area contributed by atoms with Gasteiger partial charge in [0.05, 0.1) is 25.4 Å². The standard InChI is InChI=1S/C21H35NO4/c1-3-5-12-22-14-19(23)20(24)21(26-13-6-4-2)18(22)16-25-15-17-10-8-7-9-11-17/h7-11,18-21,23-24H,3-6,12-16H2,1-2H3/t18-,19-,20+,21-/m1/s1. The van der Waals surface area contributed by atoms with Crippen LogP contribution in [0.2, 0.25) is 0 Å². The Balaban J connectivity index is 2.01. The summed E-state index contributed by atoms with van der Waals surface area (Å²) >= 11 is 0. The third-order valence-corrected chi connectivity index (χ3v) is 5.01. The highest BCUT2D eigenvalue weighted by molar-refractivity contribution is 5.13. The molecule has 0 amide bonds. The molecule has 5 nitrogen and oxygen atoms in total. The zero-order chi connectivity index (χ0) is 18.8. The molecule has 5 heteroatoms. The Morgan fingerprint density at radius 3 is 2.50 bits per heavy atom. The fraction of sp³-hybridized carbons (Fsp3) is 0.714. The largest absolute Gasteiger partial charge is 0.389 e. The van der Waals surface area contributed by atoms with E-state index in [1.807, 2.05) is 30.3 Å². The van der Waals surface area contributed by atoms with Crippen LogP contribution in [0.25, 0.3) is 0 Å². The summed E-state index contributed by atoms with van der Waals surface area (Å²) in [5.74, 6) is 0. The molecule has 26 heavy (non-hydrogen) atoms. The van der Waals surface area contributed by atoms with Crippen molar-refractivity contribution >= 4 is 0 Å². The van der Waals surface area contributed by atoms with Crippen molar-refractivity contribution in [1.82, 2.24) is 4.90 Å². The lowest BCUT2D eigenvalue weighted by Gasteiger charge is -2.45. The summed E-state index contributed by atoms with van der Waals surface area (Å²) in [6.45, 7) is 7.25. The normalized spacial score (nSPS) is 26.9. The van der Waals surface area contributed by atoms with E-state index in [4.69, 9.17) is 9.47 Å². The molecule has 1 saturated heterocycles. The van der Waals surface area contributed by atoms with Crippen LogP contribution in [-0.4, -0.2) is 65.8 Å². The van der Waals surface area contributed by atoms with E-state index in [1.165, 1.54) is 0 Å². The maximum absolute atomic E-state index is 10.5. The molecule has 1 aromatic carbocycles. The number of ether oxygens (including phenoxy) is 2. The van der Waals surface area contributed by atoms with Gasteiger partial charge in [-0.15, -0.1) is 0 Å². The van der Waals surface area contributed by atoms with Gasteiger partial charge in [0.2, 0.25) is 0 Å². The lowest BCUT2D eigenvalue weighted by Crippen LogP contribution is -2.63. The van der Waals surface area contributed by atoms with Crippen molar-refractivity contribution in [2.75, 3.05) is 26.3 Å². The van der Waals surface area contributed by atoms with Crippen molar-refractivity contribution < 1.29 is 19.7 Å². The molecule has 1 aromatic rings. The highest BCUT2D eigenvalue weighted by Gasteiger charge is 2.42. The van der Waals surface area contributed by atoms with Crippen LogP contribution in [0.3, 0.4) is 0 Å². The first-order valence-corrected chi connectivity index (χ1v) is 10.0. The molecule has 1 heterocycles. The molecule has 2 N–H and O–H groups in total. The molecule has 2 rings (SSSR count). The summed E-state index contributed by atoms with van der Waals surface area (Å²) in [6.07, 6.45) is 2.08. The number of hydrogen-bond acceptors (Lipinski definition) is 5. The van der Waals surface area contributed by atoms with E-state index in [9.17, 15) is 10.2 Å². The van der Waals surface area contributed by atoms with Gasteiger partial charge in [-0.2, -0.15) is 0 Å². The summed E-state index contributed by atoms with van der Waals surface area (Å²) in [5, 5.41) is 20.8. The molecule has 0 bridgehead atoms. The Hall–Kier alpha value is -0.980. The molecule has 4 atom stereocenters. The average molecular weight is 366 g/mol. The van der Waals surface area contributed by atoms with Crippen LogP contribution in [0.15, 0.2) is 30.3 Å². The maximum atomic E-state index is 10.5. The zero-order valence-electron chi connectivity index (χ0n) is 16.2. The van der Waals surface area contributed by atoms with Crippen molar-refractivity contribution in [3.05, 3.63) is 35.9 Å². The number of likely N-dealkylation sites (tertiary alicyclic amines) is 1. The van der Waals surface area contributed by atoms with E-state index in [2.05, 4.69) is 18.7 Å². The van der Waals surface area contributed by atoms with Crippen molar-refractivity contribution in [1.29, 1.82) is 0 Å². The number of aliphatic hydroxyl groups is 2. The van der Waals surface area contributed by atoms with Gasteiger partial charge in [-0.25, -0.2) is 0 Å². The molecule has 0 spiro atoms. The number of unbranched alkanes of at least 4 members (excludes halogenated alkanes) is 2. The van der Waals surface area contributed by atoms with Gasteiger partial charge in [0.1, 0.15) is 12.2 Å². The van der Waals surface area contributed by atoms with Crippen LogP contribution < -0.4 is 0 Å². The number of β-amino-alcohol motifs (C(OH)–C–C–N with tert-alkyl or cyclic N) is 1. The van der Waals surface area contributed by atoms with Crippen molar-refractivity contribution in [3.63, 3.8) is 0 Å². The van der Waals surface area contributed by atoms with Crippen LogP contribution in [0.1, 0.15) is 45.1 Å². The molecule has 1 aliphatic rings. The summed E-state index contributed by atoms with van der Waals surface area (Å²) in [6, 6.07) is 10.0. The summed E-state index contributed by atoms with van der Waals surface area (Å²) in [4.78, 5) is 2.22. The van der Waals surface area contributed by atoms with E-state index in [0.29, 0.717) is 26.4 Å². The Morgan fingerprint density at radius 1 is 1.08 bits per heavy atom. The first-order chi connectivity index (χ1) is 12.7. The SMILES string of the molecule is CCCCO[C@H]1[C@@H](O)[C@H](O)CN(CCCC)[C@@H]1COCc1ccccc1. The Morgan fingerprint density at radius 2 is 1.81 bits per heavy atom. The Bertz CT molecular complexity index is 484. The van der Waals surface area contributed by atoms with E-state index >= 15 is 0 Å². The quantitative estimate of drug-likeness (QED) is 0.590. The van der Waals surface area contributed by atoms with E-state index in [0.717, 1.165) is 37.8 Å². The van der Waals surface area contributed by atoms with Gasteiger partial charge in [0.25, 0.3) is 0 Å². The molecule has 0 aromatic heterocycles. The average Bonchev–Trinajstić information content (AvgIpc) is 2.66. The van der Waals surface area contributed by atoms with Gasteiger partial charge >= 0.3 is 0 Å². The first-order valence-electron chi connectivity index (χ1n) is 10.0. The smallest absolute Gasteiger partial charge is 0.109 e. The molecular weight excluding hydrogens is 330 g/mol. The molecule has 1 fully saturated rings. The maximum Gasteiger partial charge on any atom is 0.109 e. The minimum Gasteiger partial charge on any atom is -0.389 e. The predicted octanol–water partition coefficient (Wildman–Crippen LogP) is 2.59. The van der Waals surface area contributed by atoms with E-state index < -0.39 is 18.3 Å².